The van der Waals surface area contributed by atoms with Crippen LogP contribution in [0.1, 0.15) is 119 Å². The molecule has 6 aromatic rings. The maximum Gasteiger partial charge on any atom is 0.416 e. The van der Waals surface area contributed by atoms with Gasteiger partial charge in [0.25, 0.3) is 0 Å². The number of carbonyl (C=O) groups excluding carboxylic acids is 4. The normalized spacial score (nSPS) is 20.5. The van der Waals surface area contributed by atoms with Crippen molar-refractivity contribution in [3.63, 3.8) is 0 Å². The molecule has 0 radical (unpaired) electrons. The van der Waals surface area contributed by atoms with E-state index in [9.17, 15) is 32.3 Å². The predicted molar refractivity (Wildman–Crippen MR) is 258 cm³/mol. The number of nitrogens with one attached hydrogen (secondary N) is 4. The number of methoxy groups -OCH3 is 2. The summed E-state index contributed by atoms with van der Waals surface area (Å²) in [4.78, 5) is 79.9. The number of benzene rings is 3. The molecular formula is C50H57F3N10O6S. The number of likely N-dealkylation sites (tertiary alicyclic amines) is 2. The summed E-state index contributed by atoms with van der Waals surface area (Å²) >= 11 is 1.42. The Hall–Kier alpha value is -6.70. The molecule has 16 nitrogen and oxygen atoms in total. The summed E-state index contributed by atoms with van der Waals surface area (Å²) in [5.41, 5.74) is 5.01. The molecule has 3 aromatic heterocycles. The zero-order valence-corrected chi connectivity index (χ0v) is 40.6. The van der Waals surface area contributed by atoms with E-state index in [0.29, 0.717) is 48.2 Å². The number of nitrogens with zero attached hydrogens (tertiary/aromatic N) is 6. The van der Waals surface area contributed by atoms with Crippen molar-refractivity contribution in [1.29, 1.82) is 0 Å². The molecule has 0 aliphatic carbocycles. The summed E-state index contributed by atoms with van der Waals surface area (Å²) in [6.45, 7) is 8.57. The number of aromatic amines is 2. The number of thiazole rings is 1. The van der Waals surface area contributed by atoms with E-state index >= 15 is 0 Å². The van der Waals surface area contributed by atoms with Crippen molar-refractivity contribution >= 4 is 62.4 Å². The molecule has 3 fully saturated rings. The first-order chi connectivity index (χ1) is 33.5. The number of fused-ring (bicyclic) bond motifs is 2. The average molecular weight is 983 g/mol. The standard InChI is InChI=1S/C50H57F3N10O6S/c1-26(2)41(59-48(66)68-5)46(64)61-21-7-9-38(61)43-55-32-17-13-29(23-34(32)57-43)36-19-20-37(63(36)40-25-54-45(70-40)28-11-15-31(16-12-28)50(51,52)53)30-14-18-33-35(24-30)58-44(56-33)39-10-8-22-62(39)47(65)42(27(3)4)60-49(67)69-6/h11-18,23-27,36-39,41-42H,7-10,19-22H2,1-6H3,(H,55,57)(H,56,58)(H,59,66)(H,60,67)/t36-,37-,38+,39+,41+,42+/m1/s1. The highest BCUT2D eigenvalue weighted by Gasteiger charge is 2.41. The topological polar surface area (TPSA) is 191 Å². The van der Waals surface area contributed by atoms with E-state index in [2.05, 4.69) is 49.8 Å². The highest BCUT2D eigenvalue weighted by atomic mass is 32.1. The van der Waals surface area contributed by atoms with Gasteiger partial charge < -0.3 is 44.8 Å². The summed E-state index contributed by atoms with van der Waals surface area (Å²) in [5, 5.41) is 6.85. The molecule has 20 heteroatoms. The Kier molecular flexibility index (Phi) is 13.5. The van der Waals surface area contributed by atoms with Crippen LogP contribution in [0.25, 0.3) is 32.6 Å². The minimum Gasteiger partial charge on any atom is -0.453 e. The first-order valence-electron chi connectivity index (χ1n) is 23.7. The molecule has 0 saturated carbocycles. The fraction of sp³-hybridized carbons (Fsp3) is 0.460. The van der Waals surface area contributed by atoms with Gasteiger partial charge in [-0.05, 0) is 97.9 Å². The van der Waals surface area contributed by atoms with Crippen LogP contribution in [0.2, 0.25) is 0 Å². The van der Waals surface area contributed by atoms with Crippen LogP contribution in [-0.4, -0.2) is 98.1 Å². The fourth-order valence-corrected chi connectivity index (χ4v) is 11.3. The van der Waals surface area contributed by atoms with Gasteiger partial charge in [0.05, 0.1) is 72.2 Å². The third kappa shape index (κ3) is 9.48. The maximum absolute atomic E-state index is 13.9. The molecule has 0 spiro atoms. The molecule has 3 aromatic carbocycles. The second-order valence-electron chi connectivity index (χ2n) is 19.0. The monoisotopic (exact) mass is 982 g/mol. The molecule has 70 heavy (non-hydrogen) atoms. The van der Waals surface area contributed by atoms with Gasteiger partial charge in [0.15, 0.2) is 0 Å². The number of anilines is 1. The second-order valence-corrected chi connectivity index (χ2v) is 20.0. The molecule has 4 N–H and O–H groups in total. The third-order valence-corrected chi connectivity index (χ3v) is 15.0. The van der Waals surface area contributed by atoms with Gasteiger partial charge in [0.2, 0.25) is 11.8 Å². The van der Waals surface area contributed by atoms with Crippen LogP contribution in [0.4, 0.5) is 27.8 Å². The van der Waals surface area contributed by atoms with E-state index in [4.69, 9.17) is 24.4 Å². The Labute approximate surface area is 406 Å². The van der Waals surface area contributed by atoms with E-state index < -0.39 is 36.0 Å². The van der Waals surface area contributed by atoms with E-state index in [-0.39, 0.29) is 47.8 Å². The van der Waals surface area contributed by atoms with Crippen LogP contribution < -0.4 is 15.5 Å². The lowest BCUT2D eigenvalue weighted by Crippen LogP contribution is -2.51. The maximum atomic E-state index is 13.9. The molecule has 3 aliphatic heterocycles. The molecule has 0 bridgehead atoms. The van der Waals surface area contributed by atoms with Crippen molar-refractivity contribution in [2.75, 3.05) is 32.2 Å². The quantitative estimate of drug-likeness (QED) is 0.0918. The smallest absolute Gasteiger partial charge is 0.416 e. The molecule has 3 aliphatic rings. The Morgan fingerprint density at radius 2 is 1.16 bits per heavy atom. The lowest BCUT2D eigenvalue weighted by Gasteiger charge is -2.31. The number of alkyl halides is 3. The number of hydrogen-bond acceptors (Lipinski definition) is 11. The highest BCUT2D eigenvalue weighted by Crippen LogP contribution is 2.50. The molecular weight excluding hydrogens is 926 g/mol. The summed E-state index contributed by atoms with van der Waals surface area (Å²) in [7, 11) is 2.54. The van der Waals surface area contributed by atoms with Gasteiger partial charge in [-0.2, -0.15) is 13.2 Å². The molecule has 6 heterocycles. The fourth-order valence-electron chi connectivity index (χ4n) is 10.3. The minimum absolute atomic E-state index is 0.138. The van der Waals surface area contributed by atoms with Gasteiger partial charge in [0.1, 0.15) is 33.7 Å². The minimum atomic E-state index is -4.46. The van der Waals surface area contributed by atoms with Crippen LogP contribution in [-0.2, 0) is 25.2 Å². The number of imidazole rings is 2. The summed E-state index contributed by atoms with van der Waals surface area (Å²) in [6.07, 6.45) is 0.504. The van der Waals surface area contributed by atoms with Gasteiger partial charge in [-0.3, -0.25) is 9.59 Å². The van der Waals surface area contributed by atoms with Crippen LogP contribution in [0.5, 0.6) is 0 Å². The summed E-state index contributed by atoms with van der Waals surface area (Å²) < 4.78 is 50.1. The highest BCUT2D eigenvalue weighted by molar-refractivity contribution is 7.18. The second kappa shape index (κ2) is 19.6. The zero-order valence-electron chi connectivity index (χ0n) is 39.8. The lowest BCUT2D eigenvalue weighted by molar-refractivity contribution is -0.138. The van der Waals surface area contributed by atoms with Crippen molar-refractivity contribution in [3.05, 3.63) is 95.2 Å². The number of aromatic nitrogens is 5. The molecule has 3 saturated heterocycles. The Morgan fingerprint density at radius 1 is 0.686 bits per heavy atom. The van der Waals surface area contributed by atoms with Crippen molar-refractivity contribution in [2.24, 2.45) is 11.8 Å². The van der Waals surface area contributed by atoms with Crippen molar-refractivity contribution < 1.29 is 41.8 Å². The Morgan fingerprint density at radius 3 is 1.59 bits per heavy atom. The third-order valence-electron chi connectivity index (χ3n) is 13.9. The summed E-state index contributed by atoms with van der Waals surface area (Å²) in [5.74, 6) is 0.602. The van der Waals surface area contributed by atoms with Crippen LogP contribution >= 0.6 is 11.3 Å². The van der Waals surface area contributed by atoms with Crippen molar-refractivity contribution in [2.45, 2.75) is 109 Å². The molecule has 4 amide bonds. The average Bonchev–Trinajstić information content (AvgIpc) is 4.21. The first kappa shape index (κ1) is 48.3. The number of carbonyl (C=O) groups is 4. The number of rotatable bonds is 12. The first-order valence-corrected chi connectivity index (χ1v) is 24.5. The van der Waals surface area contributed by atoms with E-state index in [0.717, 1.165) is 76.0 Å². The van der Waals surface area contributed by atoms with Gasteiger partial charge in [-0.1, -0.05) is 63.3 Å². The predicted octanol–water partition coefficient (Wildman–Crippen LogP) is 9.75. The number of amides is 4. The number of halogens is 3. The SMILES string of the molecule is COC(=O)N[C@H](C(=O)N1CCC[C@H]1c1nc2ccc([C@H]3CC[C@H](c4ccc5nc([C@@H]6CCCN6C(=O)[C@@H](NC(=O)OC)C(C)C)[nH]c5c4)N3c3cnc(-c4ccc(C(F)(F)F)cc4)s3)cc2[nH]1)C(C)C. The van der Waals surface area contributed by atoms with Crippen LogP contribution in [0.3, 0.4) is 0 Å². The van der Waals surface area contributed by atoms with Crippen molar-refractivity contribution in [3.8, 4) is 10.6 Å². The molecule has 6 atom stereocenters. The largest absolute Gasteiger partial charge is 0.453 e. The van der Waals surface area contributed by atoms with Gasteiger partial charge in [-0.25, -0.2) is 24.5 Å². The van der Waals surface area contributed by atoms with Gasteiger partial charge in [0, 0.05) is 18.7 Å². The number of hydrogen-bond donors (Lipinski definition) is 4. The molecule has 9 rings (SSSR count). The summed E-state index contributed by atoms with van der Waals surface area (Å²) in [6, 6.07) is 14.9. The zero-order chi connectivity index (χ0) is 49.6. The Balaban J connectivity index is 1.03. The lowest BCUT2D eigenvalue weighted by atomic mass is 10.0. The van der Waals surface area contributed by atoms with Crippen LogP contribution in [0, 0.1) is 11.8 Å². The van der Waals surface area contributed by atoms with Gasteiger partial charge in [-0.15, -0.1) is 0 Å². The van der Waals surface area contributed by atoms with Crippen molar-refractivity contribution in [1.82, 2.24) is 45.4 Å². The molecule has 0 unspecified atom stereocenters. The number of alkyl carbamates (subject to hydrolysis) is 2. The number of H-pyrrole nitrogens is 2. The van der Waals surface area contributed by atoms with E-state index in [1.165, 1.54) is 37.7 Å². The Bertz CT molecular complexity index is 2750. The molecule has 370 valence electrons. The van der Waals surface area contributed by atoms with Crippen LogP contribution in [0.15, 0.2) is 66.9 Å². The van der Waals surface area contributed by atoms with E-state index in [1.54, 1.807) is 16.0 Å². The van der Waals surface area contributed by atoms with E-state index in [1.807, 2.05) is 39.8 Å². The van der Waals surface area contributed by atoms with Gasteiger partial charge >= 0.3 is 18.4 Å². The number of ether oxygens (including phenoxy) is 2.